The molecule has 17 heavy (non-hydrogen) atoms. The summed E-state index contributed by atoms with van der Waals surface area (Å²) in [4.78, 5) is 10.6. The summed E-state index contributed by atoms with van der Waals surface area (Å²) in [5.41, 5.74) is 1.56. The number of hydrogen-bond acceptors (Lipinski definition) is 2. The van der Waals surface area contributed by atoms with Crippen LogP contribution in [0.25, 0.3) is 0 Å². The molecule has 0 fully saturated rings. The van der Waals surface area contributed by atoms with Gasteiger partial charge in [-0.25, -0.2) is 0 Å². The minimum atomic E-state index is -0.292. The van der Waals surface area contributed by atoms with E-state index in [-0.39, 0.29) is 10.6 Å². The fourth-order valence-corrected chi connectivity index (χ4v) is 3.45. The van der Waals surface area contributed by atoms with Gasteiger partial charge in [0.05, 0.1) is 4.92 Å². The van der Waals surface area contributed by atoms with Crippen LogP contribution in [-0.4, -0.2) is 10.6 Å². The van der Waals surface area contributed by atoms with Gasteiger partial charge in [0.1, 0.15) is 0 Å². The van der Waals surface area contributed by atoms with Crippen molar-refractivity contribution >= 4 is 19.6 Å². The van der Waals surface area contributed by atoms with Crippen LogP contribution in [0.1, 0.15) is 24.8 Å². The van der Waals surface area contributed by atoms with Crippen LogP contribution in [-0.2, 0) is 0 Å². The molecule has 1 aliphatic rings. The maximum atomic E-state index is 10.9. The largest absolute Gasteiger partial charge is 0.272 e. The molecule has 3 nitrogen and oxygen atoms in total. The van der Waals surface area contributed by atoms with E-state index in [2.05, 4.69) is 12.2 Å². The van der Waals surface area contributed by atoms with Gasteiger partial charge < -0.3 is 0 Å². The first-order valence-corrected chi connectivity index (χ1v) is 6.93. The molecule has 1 aliphatic carbocycles. The molecule has 2 unspecified atom stereocenters. The number of rotatable bonds is 3. The Morgan fingerprint density at radius 3 is 2.94 bits per heavy atom. The number of aryl methyl sites for hydroxylation is 1. The summed E-state index contributed by atoms with van der Waals surface area (Å²) >= 11 is 0. The van der Waals surface area contributed by atoms with Crippen molar-refractivity contribution in [2.24, 2.45) is 0 Å². The van der Waals surface area contributed by atoms with Crippen LogP contribution in [0.15, 0.2) is 30.4 Å². The highest BCUT2D eigenvalue weighted by atomic mass is 31.1. The molecule has 0 saturated heterocycles. The standard InChI is InChI=1S/C13H16NO2P/c1-10-7-8-12(9-13(10)14(15)16)17-11-5-3-2-4-6-11/h3,5,7-9,11,17H,2,4,6H2,1H3. The SMILES string of the molecule is Cc1ccc(PC2C=CCCC2)cc1[N+](=O)[O-]. The van der Waals surface area contributed by atoms with Crippen LogP contribution in [0.4, 0.5) is 5.69 Å². The second kappa shape index (κ2) is 5.42. The van der Waals surface area contributed by atoms with Crippen molar-refractivity contribution in [3.8, 4) is 0 Å². The van der Waals surface area contributed by atoms with Gasteiger partial charge in [-0.3, -0.25) is 10.1 Å². The first kappa shape index (κ1) is 12.3. The Bertz CT molecular complexity index is 457. The van der Waals surface area contributed by atoms with E-state index in [4.69, 9.17) is 0 Å². The molecule has 4 heteroatoms. The van der Waals surface area contributed by atoms with Gasteiger partial charge in [-0.2, -0.15) is 0 Å². The molecule has 1 aromatic rings. The van der Waals surface area contributed by atoms with Gasteiger partial charge in [-0.05, 0) is 37.1 Å². The predicted molar refractivity (Wildman–Crippen MR) is 72.6 cm³/mol. The highest BCUT2D eigenvalue weighted by molar-refractivity contribution is 7.48. The molecule has 0 amide bonds. The van der Waals surface area contributed by atoms with Gasteiger partial charge in [0, 0.05) is 11.6 Å². The zero-order valence-electron chi connectivity index (χ0n) is 9.85. The first-order chi connectivity index (χ1) is 8.16. The Kier molecular flexibility index (Phi) is 3.90. The topological polar surface area (TPSA) is 43.1 Å². The molecule has 0 N–H and O–H groups in total. The smallest absolute Gasteiger partial charge is 0.258 e. The Morgan fingerprint density at radius 2 is 2.29 bits per heavy atom. The maximum absolute atomic E-state index is 10.9. The number of allylic oxidation sites excluding steroid dienone is 2. The van der Waals surface area contributed by atoms with E-state index in [9.17, 15) is 10.1 Å². The van der Waals surface area contributed by atoms with Crippen LogP contribution in [0.2, 0.25) is 0 Å². The lowest BCUT2D eigenvalue weighted by Crippen LogP contribution is -2.07. The summed E-state index contributed by atoms with van der Waals surface area (Å²) in [5.74, 6) is 0. The minimum absolute atomic E-state index is 0.245. The van der Waals surface area contributed by atoms with Gasteiger partial charge in [-0.15, -0.1) is 0 Å². The van der Waals surface area contributed by atoms with Crippen LogP contribution in [0.3, 0.4) is 0 Å². The molecule has 0 aliphatic heterocycles. The van der Waals surface area contributed by atoms with Crippen LogP contribution < -0.4 is 5.30 Å². The Morgan fingerprint density at radius 1 is 1.47 bits per heavy atom. The van der Waals surface area contributed by atoms with Crippen molar-refractivity contribution in [3.05, 3.63) is 46.0 Å². The molecular formula is C13H16NO2P. The Hall–Kier alpha value is -1.21. The first-order valence-electron chi connectivity index (χ1n) is 5.85. The zero-order chi connectivity index (χ0) is 12.3. The average molecular weight is 249 g/mol. The van der Waals surface area contributed by atoms with Crippen molar-refractivity contribution in [2.45, 2.75) is 31.8 Å². The van der Waals surface area contributed by atoms with Gasteiger partial charge in [-0.1, -0.05) is 32.9 Å². The highest BCUT2D eigenvalue weighted by Gasteiger charge is 2.14. The lowest BCUT2D eigenvalue weighted by Gasteiger charge is -2.16. The fraction of sp³-hybridized carbons (Fsp3) is 0.385. The third kappa shape index (κ3) is 3.13. The molecule has 0 radical (unpaired) electrons. The quantitative estimate of drug-likeness (QED) is 0.357. The summed E-state index contributed by atoms with van der Waals surface area (Å²) < 4.78 is 0. The van der Waals surface area contributed by atoms with E-state index in [1.54, 1.807) is 13.0 Å². The molecule has 90 valence electrons. The van der Waals surface area contributed by atoms with Crippen molar-refractivity contribution in [3.63, 3.8) is 0 Å². The molecule has 2 rings (SSSR count). The fourth-order valence-electron chi connectivity index (χ4n) is 2.04. The maximum Gasteiger partial charge on any atom is 0.272 e. The monoisotopic (exact) mass is 249 g/mol. The molecule has 0 aromatic heterocycles. The average Bonchev–Trinajstić information content (AvgIpc) is 2.32. The van der Waals surface area contributed by atoms with E-state index in [1.807, 2.05) is 12.1 Å². The van der Waals surface area contributed by atoms with E-state index in [0.717, 1.165) is 10.9 Å². The molecule has 0 heterocycles. The van der Waals surface area contributed by atoms with Crippen molar-refractivity contribution in [1.82, 2.24) is 0 Å². The third-order valence-corrected chi connectivity index (χ3v) is 4.51. The predicted octanol–water partition coefficient (Wildman–Crippen LogP) is 3.32. The summed E-state index contributed by atoms with van der Waals surface area (Å²) in [6.45, 7) is 1.78. The molecule has 2 atom stereocenters. The van der Waals surface area contributed by atoms with Crippen molar-refractivity contribution in [2.75, 3.05) is 0 Å². The van der Waals surface area contributed by atoms with Crippen LogP contribution in [0, 0.1) is 17.0 Å². The van der Waals surface area contributed by atoms with Crippen molar-refractivity contribution in [1.29, 1.82) is 0 Å². The number of nitro benzene ring substituents is 1. The molecule has 1 aromatic carbocycles. The van der Waals surface area contributed by atoms with Crippen LogP contribution in [0.5, 0.6) is 0 Å². The molecule has 0 saturated carbocycles. The number of nitrogens with zero attached hydrogens (tertiary/aromatic N) is 1. The summed E-state index contributed by atoms with van der Waals surface area (Å²) in [6.07, 6.45) is 8.10. The second-order valence-electron chi connectivity index (χ2n) is 4.37. The van der Waals surface area contributed by atoms with Gasteiger partial charge >= 0.3 is 0 Å². The van der Waals surface area contributed by atoms with E-state index in [1.165, 1.54) is 19.3 Å². The summed E-state index contributed by atoms with van der Waals surface area (Å²) in [6, 6.07) is 5.60. The Balaban J connectivity index is 2.16. The van der Waals surface area contributed by atoms with Crippen molar-refractivity contribution < 1.29 is 4.92 Å². The Labute approximate surface area is 103 Å². The molecular weight excluding hydrogens is 233 g/mol. The highest BCUT2D eigenvalue weighted by Crippen LogP contribution is 2.29. The zero-order valence-corrected chi connectivity index (χ0v) is 10.8. The minimum Gasteiger partial charge on any atom is -0.258 e. The second-order valence-corrected chi connectivity index (χ2v) is 5.98. The summed E-state index contributed by atoms with van der Waals surface area (Å²) in [5, 5.41) is 12.0. The van der Waals surface area contributed by atoms with Gasteiger partial charge in [0.15, 0.2) is 0 Å². The number of hydrogen-bond donors (Lipinski definition) is 0. The number of benzene rings is 1. The number of nitro groups is 1. The van der Waals surface area contributed by atoms with Gasteiger partial charge in [0.2, 0.25) is 0 Å². The van der Waals surface area contributed by atoms with E-state index < -0.39 is 0 Å². The molecule has 0 spiro atoms. The lowest BCUT2D eigenvalue weighted by atomic mass is 10.1. The van der Waals surface area contributed by atoms with E-state index in [0.29, 0.717) is 14.2 Å². The molecule has 0 bridgehead atoms. The van der Waals surface area contributed by atoms with Crippen LogP contribution >= 0.6 is 8.58 Å². The summed E-state index contributed by atoms with van der Waals surface area (Å²) in [7, 11) is 0.648. The van der Waals surface area contributed by atoms with Gasteiger partial charge in [0.25, 0.3) is 5.69 Å². The third-order valence-electron chi connectivity index (χ3n) is 3.01. The lowest BCUT2D eigenvalue weighted by molar-refractivity contribution is -0.385. The normalized spacial score (nSPS) is 19.9. The van der Waals surface area contributed by atoms with E-state index >= 15 is 0 Å².